The molecular formula is C4H6Cl3NO2. The molecular weight excluding hydrogens is 200 g/mol. The molecule has 0 spiro atoms. The van der Waals surface area contributed by atoms with Crippen molar-refractivity contribution in [2.45, 2.75) is 9.83 Å². The number of carbonyl (C=O) groups is 1. The van der Waals surface area contributed by atoms with Crippen LogP contribution in [0.3, 0.4) is 0 Å². The summed E-state index contributed by atoms with van der Waals surface area (Å²) in [6.07, 6.45) is 0. The molecule has 60 valence electrons. The monoisotopic (exact) mass is 205 g/mol. The lowest BCUT2D eigenvalue weighted by atomic mass is 10.4. The maximum absolute atomic E-state index is 10.6. The average molecular weight is 206 g/mol. The van der Waals surface area contributed by atoms with E-state index in [0.717, 1.165) is 0 Å². The Bertz CT molecular complexity index is 133. The predicted octanol–water partition coefficient (Wildman–Crippen LogP) is 0.857. The van der Waals surface area contributed by atoms with Crippen molar-refractivity contribution in [1.82, 2.24) is 0 Å². The van der Waals surface area contributed by atoms with Crippen molar-refractivity contribution in [3.8, 4) is 0 Å². The van der Waals surface area contributed by atoms with Gasteiger partial charge in [0.15, 0.2) is 6.04 Å². The number of ether oxygens (including phenoxy) is 1. The highest BCUT2D eigenvalue weighted by Crippen LogP contribution is 2.29. The van der Waals surface area contributed by atoms with Crippen LogP contribution in [0.4, 0.5) is 0 Å². The van der Waals surface area contributed by atoms with Gasteiger partial charge in [-0.15, -0.1) is 0 Å². The van der Waals surface area contributed by atoms with Gasteiger partial charge in [-0.1, -0.05) is 34.8 Å². The number of hydrogen-bond donors (Lipinski definition) is 1. The Hall–Kier alpha value is 0.300. The Kier molecular flexibility index (Phi) is 3.73. The van der Waals surface area contributed by atoms with Crippen molar-refractivity contribution >= 4 is 40.8 Å². The highest BCUT2D eigenvalue weighted by atomic mass is 35.6. The molecule has 0 aromatic carbocycles. The van der Waals surface area contributed by atoms with E-state index in [1.807, 2.05) is 0 Å². The van der Waals surface area contributed by atoms with E-state index in [-0.39, 0.29) is 0 Å². The Morgan fingerprint density at radius 1 is 1.60 bits per heavy atom. The highest BCUT2D eigenvalue weighted by molar-refractivity contribution is 6.68. The molecule has 0 heterocycles. The lowest BCUT2D eigenvalue weighted by Gasteiger charge is -2.16. The second kappa shape index (κ2) is 3.62. The third kappa shape index (κ3) is 2.92. The van der Waals surface area contributed by atoms with Crippen molar-refractivity contribution in [1.29, 1.82) is 0 Å². The first-order chi connectivity index (χ1) is 4.39. The molecule has 10 heavy (non-hydrogen) atoms. The van der Waals surface area contributed by atoms with Gasteiger partial charge >= 0.3 is 5.97 Å². The number of hydrogen-bond acceptors (Lipinski definition) is 3. The van der Waals surface area contributed by atoms with Gasteiger partial charge in [0, 0.05) is 0 Å². The summed E-state index contributed by atoms with van der Waals surface area (Å²) in [6.45, 7) is 0. The molecule has 0 saturated carbocycles. The molecule has 0 bridgehead atoms. The number of esters is 1. The maximum Gasteiger partial charge on any atom is 0.327 e. The molecule has 3 nitrogen and oxygen atoms in total. The number of halogens is 3. The van der Waals surface area contributed by atoms with Gasteiger partial charge in [-0.3, -0.25) is 4.79 Å². The summed E-state index contributed by atoms with van der Waals surface area (Å²) in [4.78, 5) is 10.6. The lowest BCUT2D eigenvalue weighted by Crippen LogP contribution is -2.42. The van der Waals surface area contributed by atoms with Crippen LogP contribution in [-0.4, -0.2) is 22.9 Å². The van der Waals surface area contributed by atoms with Crippen molar-refractivity contribution in [2.24, 2.45) is 5.73 Å². The van der Waals surface area contributed by atoms with E-state index in [2.05, 4.69) is 4.74 Å². The second-order valence-corrected chi connectivity index (χ2v) is 3.91. The topological polar surface area (TPSA) is 52.3 Å². The van der Waals surface area contributed by atoms with Gasteiger partial charge in [0.2, 0.25) is 3.79 Å². The van der Waals surface area contributed by atoms with E-state index in [1.165, 1.54) is 7.11 Å². The highest BCUT2D eigenvalue weighted by Gasteiger charge is 2.35. The number of carbonyl (C=O) groups excluding carboxylic acids is 1. The SMILES string of the molecule is COC(=O)C(N)C(Cl)(Cl)Cl. The van der Waals surface area contributed by atoms with Crippen LogP contribution in [0.5, 0.6) is 0 Å². The van der Waals surface area contributed by atoms with E-state index < -0.39 is 15.8 Å². The fourth-order valence-corrected chi connectivity index (χ4v) is 0.528. The van der Waals surface area contributed by atoms with Crippen LogP contribution in [0.1, 0.15) is 0 Å². The summed E-state index contributed by atoms with van der Waals surface area (Å²) in [7, 11) is 1.17. The van der Waals surface area contributed by atoms with Gasteiger partial charge in [-0.05, 0) is 0 Å². The summed E-state index contributed by atoms with van der Waals surface area (Å²) < 4.78 is 2.42. The fourth-order valence-electron chi connectivity index (χ4n) is 0.261. The predicted molar refractivity (Wildman–Crippen MR) is 40.3 cm³/mol. The molecule has 1 unspecified atom stereocenters. The molecule has 1 atom stereocenters. The average Bonchev–Trinajstić information content (AvgIpc) is 1.83. The molecule has 0 aromatic heterocycles. The molecule has 0 aliphatic heterocycles. The summed E-state index contributed by atoms with van der Waals surface area (Å²) in [5, 5.41) is 0. The summed E-state index contributed by atoms with van der Waals surface area (Å²) >= 11 is 15.8. The van der Waals surface area contributed by atoms with Gasteiger partial charge in [0.05, 0.1) is 7.11 Å². The number of rotatable bonds is 1. The first kappa shape index (κ1) is 10.3. The van der Waals surface area contributed by atoms with Gasteiger partial charge in [-0.25, -0.2) is 0 Å². The lowest BCUT2D eigenvalue weighted by molar-refractivity contribution is -0.142. The Labute approximate surface area is 73.4 Å². The standard InChI is InChI=1S/C4H6Cl3NO2/c1-10-3(9)2(8)4(5,6)7/h2H,8H2,1H3. The third-order valence-corrected chi connectivity index (χ3v) is 1.51. The quantitative estimate of drug-likeness (QED) is 0.511. The zero-order valence-corrected chi connectivity index (χ0v) is 7.37. The van der Waals surface area contributed by atoms with Crippen LogP contribution >= 0.6 is 34.8 Å². The van der Waals surface area contributed by atoms with Crippen molar-refractivity contribution in [3.05, 3.63) is 0 Å². The van der Waals surface area contributed by atoms with E-state index in [4.69, 9.17) is 40.5 Å². The van der Waals surface area contributed by atoms with E-state index in [9.17, 15) is 4.79 Å². The van der Waals surface area contributed by atoms with Crippen molar-refractivity contribution in [3.63, 3.8) is 0 Å². The molecule has 0 rings (SSSR count). The zero-order chi connectivity index (χ0) is 8.36. The molecule has 0 radical (unpaired) electrons. The van der Waals surface area contributed by atoms with Crippen molar-refractivity contribution in [2.75, 3.05) is 7.11 Å². The number of methoxy groups -OCH3 is 1. The zero-order valence-electron chi connectivity index (χ0n) is 5.11. The van der Waals surface area contributed by atoms with Gasteiger partial charge < -0.3 is 10.5 Å². The Morgan fingerprint density at radius 3 is 2.10 bits per heavy atom. The van der Waals surface area contributed by atoms with E-state index >= 15 is 0 Å². The largest absolute Gasteiger partial charge is 0.468 e. The minimum Gasteiger partial charge on any atom is -0.468 e. The molecule has 2 N–H and O–H groups in total. The first-order valence-electron chi connectivity index (χ1n) is 2.29. The summed E-state index contributed by atoms with van der Waals surface area (Å²) in [5.74, 6) is -0.750. The van der Waals surface area contributed by atoms with Crippen LogP contribution in [-0.2, 0) is 9.53 Å². The molecule has 0 aliphatic rings. The van der Waals surface area contributed by atoms with Gasteiger partial charge in [0.25, 0.3) is 0 Å². The molecule has 6 heteroatoms. The van der Waals surface area contributed by atoms with Crippen LogP contribution in [0.2, 0.25) is 0 Å². The molecule has 0 saturated heterocycles. The number of alkyl halides is 3. The van der Waals surface area contributed by atoms with Gasteiger partial charge in [-0.2, -0.15) is 0 Å². The second-order valence-electron chi connectivity index (χ2n) is 1.54. The summed E-state index contributed by atoms with van der Waals surface area (Å²) in [5.41, 5.74) is 5.13. The van der Waals surface area contributed by atoms with E-state index in [0.29, 0.717) is 0 Å². The number of nitrogens with two attached hydrogens (primary N) is 1. The van der Waals surface area contributed by atoms with Crippen molar-refractivity contribution < 1.29 is 9.53 Å². The minimum atomic E-state index is -1.80. The Morgan fingerprint density at radius 2 is 2.00 bits per heavy atom. The summed E-state index contributed by atoms with van der Waals surface area (Å²) in [6, 6.07) is -1.23. The van der Waals surface area contributed by atoms with Crippen LogP contribution in [0.15, 0.2) is 0 Å². The molecule has 0 aliphatic carbocycles. The van der Waals surface area contributed by atoms with E-state index in [1.54, 1.807) is 0 Å². The smallest absolute Gasteiger partial charge is 0.327 e. The molecule has 0 aromatic rings. The molecule has 0 fully saturated rings. The molecule has 0 amide bonds. The third-order valence-electron chi connectivity index (χ3n) is 0.808. The van der Waals surface area contributed by atoms with Gasteiger partial charge in [0.1, 0.15) is 0 Å². The maximum atomic E-state index is 10.6. The fraction of sp³-hybridized carbons (Fsp3) is 0.750. The normalized spacial score (nSPS) is 14.5. The minimum absolute atomic E-state index is 0.750. The van der Waals surface area contributed by atoms with Crippen LogP contribution in [0.25, 0.3) is 0 Å². The first-order valence-corrected chi connectivity index (χ1v) is 3.43. The Balaban J connectivity index is 4.08. The van der Waals surface area contributed by atoms with Crippen LogP contribution in [0, 0.1) is 0 Å². The van der Waals surface area contributed by atoms with Crippen LogP contribution < -0.4 is 5.73 Å².